The predicted octanol–water partition coefficient (Wildman–Crippen LogP) is 2.59. The standard InChI is InChI=1S/C16H12N6O2/c1-23-11-5-2-4-10(8-11)14-12(9-18-21-14)16-19-15(22-24-16)13-6-3-7-17-20-13/h2-9H,1H3,(H,18,21). The molecule has 1 aromatic carbocycles. The molecule has 0 bridgehead atoms. The molecule has 0 spiro atoms. The Morgan fingerprint density at radius 1 is 1.17 bits per heavy atom. The minimum atomic E-state index is 0.349. The molecule has 8 nitrogen and oxygen atoms in total. The Hall–Kier alpha value is -3.55. The van der Waals surface area contributed by atoms with Crippen molar-refractivity contribution in [3.8, 4) is 40.0 Å². The zero-order valence-corrected chi connectivity index (χ0v) is 12.7. The molecule has 0 amide bonds. The zero-order chi connectivity index (χ0) is 16.4. The second kappa shape index (κ2) is 5.92. The SMILES string of the molecule is COc1cccc(-c2[nH]ncc2-c2nc(-c3cccnn3)no2)c1. The van der Waals surface area contributed by atoms with E-state index in [9.17, 15) is 0 Å². The Bertz CT molecular complexity index is 963. The van der Waals surface area contributed by atoms with E-state index in [2.05, 4.69) is 30.5 Å². The van der Waals surface area contributed by atoms with Gasteiger partial charge in [-0.05, 0) is 24.3 Å². The van der Waals surface area contributed by atoms with Gasteiger partial charge in [0.25, 0.3) is 5.89 Å². The minimum absolute atomic E-state index is 0.349. The van der Waals surface area contributed by atoms with Crippen molar-refractivity contribution in [2.75, 3.05) is 7.11 Å². The third-order valence-electron chi connectivity index (χ3n) is 3.46. The number of methoxy groups -OCH3 is 1. The molecule has 0 unspecified atom stereocenters. The highest BCUT2D eigenvalue weighted by Crippen LogP contribution is 2.31. The second-order valence-electron chi connectivity index (χ2n) is 4.92. The van der Waals surface area contributed by atoms with Crippen molar-refractivity contribution in [1.82, 2.24) is 30.5 Å². The van der Waals surface area contributed by atoms with Crippen LogP contribution in [-0.2, 0) is 0 Å². The number of benzene rings is 1. The Morgan fingerprint density at radius 3 is 2.96 bits per heavy atom. The maximum absolute atomic E-state index is 5.36. The Morgan fingerprint density at radius 2 is 2.12 bits per heavy atom. The number of hydrogen-bond acceptors (Lipinski definition) is 7. The van der Waals surface area contributed by atoms with E-state index < -0.39 is 0 Å². The van der Waals surface area contributed by atoms with Crippen molar-refractivity contribution in [3.63, 3.8) is 0 Å². The minimum Gasteiger partial charge on any atom is -0.497 e. The molecule has 24 heavy (non-hydrogen) atoms. The number of aromatic amines is 1. The molecule has 1 N–H and O–H groups in total. The lowest BCUT2D eigenvalue weighted by Crippen LogP contribution is -1.88. The van der Waals surface area contributed by atoms with Crippen LogP contribution in [0, 0.1) is 0 Å². The molecule has 8 heteroatoms. The van der Waals surface area contributed by atoms with E-state index in [0.717, 1.165) is 17.0 Å². The molecule has 3 aromatic heterocycles. The van der Waals surface area contributed by atoms with Gasteiger partial charge in [0.1, 0.15) is 11.4 Å². The second-order valence-corrected chi connectivity index (χ2v) is 4.92. The highest BCUT2D eigenvalue weighted by molar-refractivity contribution is 5.77. The number of nitrogens with one attached hydrogen (secondary N) is 1. The summed E-state index contributed by atoms with van der Waals surface area (Å²) in [6.45, 7) is 0. The maximum Gasteiger partial charge on any atom is 0.262 e. The molecule has 0 aliphatic rings. The van der Waals surface area contributed by atoms with E-state index in [1.807, 2.05) is 24.3 Å². The lowest BCUT2D eigenvalue weighted by molar-refractivity contribution is 0.415. The smallest absolute Gasteiger partial charge is 0.262 e. The summed E-state index contributed by atoms with van der Waals surface area (Å²) < 4.78 is 10.6. The molecular formula is C16H12N6O2. The van der Waals surface area contributed by atoms with Crippen LogP contribution in [0.4, 0.5) is 0 Å². The van der Waals surface area contributed by atoms with Gasteiger partial charge in [-0.2, -0.15) is 15.2 Å². The highest BCUT2D eigenvalue weighted by Gasteiger charge is 2.18. The fourth-order valence-electron chi connectivity index (χ4n) is 2.30. The number of H-pyrrole nitrogens is 1. The van der Waals surface area contributed by atoms with Crippen molar-refractivity contribution in [3.05, 3.63) is 48.8 Å². The fraction of sp³-hybridized carbons (Fsp3) is 0.0625. The summed E-state index contributed by atoms with van der Waals surface area (Å²) in [6, 6.07) is 11.1. The first-order valence-electron chi connectivity index (χ1n) is 7.15. The number of aromatic nitrogens is 6. The Kier molecular flexibility index (Phi) is 3.47. The maximum atomic E-state index is 5.36. The molecular weight excluding hydrogens is 308 g/mol. The molecule has 4 rings (SSSR count). The summed E-state index contributed by atoms with van der Waals surface area (Å²) >= 11 is 0. The van der Waals surface area contributed by atoms with Gasteiger partial charge in [-0.3, -0.25) is 5.10 Å². The third kappa shape index (κ3) is 2.50. The van der Waals surface area contributed by atoms with Crippen molar-refractivity contribution in [2.45, 2.75) is 0 Å². The van der Waals surface area contributed by atoms with Gasteiger partial charge in [0.05, 0.1) is 24.6 Å². The molecule has 0 atom stereocenters. The van der Waals surface area contributed by atoms with Gasteiger partial charge < -0.3 is 9.26 Å². The molecule has 118 valence electrons. The average Bonchev–Trinajstić information content (AvgIpc) is 3.31. The van der Waals surface area contributed by atoms with Crippen LogP contribution in [0.3, 0.4) is 0 Å². The number of hydrogen-bond donors (Lipinski definition) is 1. The lowest BCUT2D eigenvalue weighted by Gasteiger charge is -2.03. The predicted molar refractivity (Wildman–Crippen MR) is 84.9 cm³/mol. The van der Waals surface area contributed by atoms with Crippen molar-refractivity contribution >= 4 is 0 Å². The first-order chi connectivity index (χ1) is 11.8. The van der Waals surface area contributed by atoms with Gasteiger partial charge in [0.15, 0.2) is 0 Å². The van der Waals surface area contributed by atoms with E-state index in [4.69, 9.17) is 9.26 Å². The first-order valence-corrected chi connectivity index (χ1v) is 7.15. The van der Waals surface area contributed by atoms with E-state index in [0.29, 0.717) is 23.0 Å². The van der Waals surface area contributed by atoms with Crippen LogP contribution in [0.2, 0.25) is 0 Å². The van der Waals surface area contributed by atoms with Crippen LogP contribution >= 0.6 is 0 Å². The van der Waals surface area contributed by atoms with E-state index in [1.54, 1.807) is 31.6 Å². The summed E-state index contributed by atoms with van der Waals surface area (Å²) in [5, 5.41) is 18.8. The van der Waals surface area contributed by atoms with Gasteiger partial charge in [-0.25, -0.2) is 0 Å². The largest absolute Gasteiger partial charge is 0.497 e. The Balaban J connectivity index is 1.74. The fourth-order valence-corrected chi connectivity index (χ4v) is 2.30. The van der Waals surface area contributed by atoms with E-state index in [-0.39, 0.29) is 0 Å². The quantitative estimate of drug-likeness (QED) is 0.616. The molecule has 0 radical (unpaired) electrons. The van der Waals surface area contributed by atoms with Crippen LogP contribution in [-0.4, -0.2) is 37.6 Å². The summed E-state index contributed by atoms with van der Waals surface area (Å²) in [6.07, 6.45) is 3.23. The van der Waals surface area contributed by atoms with E-state index >= 15 is 0 Å². The topological polar surface area (TPSA) is 103 Å². The van der Waals surface area contributed by atoms with Crippen molar-refractivity contribution in [1.29, 1.82) is 0 Å². The van der Waals surface area contributed by atoms with E-state index in [1.165, 1.54) is 0 Å². The van der Waals surface area contributed by atoms with Crippen LogP contribution in [0.25, 0.3) is 34.2 Å². The molecule has 0 aliphatic heterocycles. The lowest BCUT2D eigenvalue weighted by atomic mass is 10.1. The van der Waals surface area contributed by atoms with Gasteiger partial charge in [-0.1, -0.05) is 17.3 Å². The first kappa shape index (κ1) is 14.1. The third-order valence-corrected chi connectivity index (χ3v) is 3.46. The summed E-state index contributed by atoms with van der Waals surface area (Å²) in [4.78, 5) is 4.38. The van der Waals surface area contributed by atoms with Crippen LogP contribution in [0.15, 0.2) is 53.3 Å². The zero-order valence-electron chi connectivity index (χ0n) is 12.7. The number of ether oxygens (including phenoxy) is 1. The number of nitrogens with zero attached hydrogens (tertiary/aromatic N) is 5. The van der Waals surface area contributed by atoms with Crippen LogP contribution in [0.5, 0.6) is 5.75 Å². The van der Waals surface area contributed by atoms with Crippen molar-refractivity contribution < 1.29 is 9.26 Å². The van der Waals surface area contributed by atoms with Crippen molar-refractivity contribution in [2.24, 2.45) is 0 Å². The molecule has 4 aromatic rings. The van der Waals surface area contributed by atoms with Gasteiger partial charge in [-0.15, -0.1) is 5.10 Å². The Labute approximate surface area is 136 Å². The van der Waals surface area contributed by atoms with Gasteiger partial charge in [0, 0.05) is 11.8 Å². The summed E-state index contributed by atoms with van der Waals surface area (Å²) in [5.74, 6) is 1.47. The molecule has 3 heterocycles. The molecule has 0 aliphatic carbocycles. The molecule has 0 saturated heterocycles. The summed E-state index contributed by atoms with van der Waals surface area (Å²) in [5.41, 5.74) is 2.91. The molecule has 0 fully saturated rings. The normalized spacial score (nSPS) is 10.7. The van der Waals surface area contributed by atoms with Crippen LogP contribution in [0.1, 0.15) is 0 Å². The monoisotopic (exact) mass is 320 g/mol. The van der Waals surface area contributed by atoms with Gasteiger partial charge in [0.2, 0.25) is 5.82 Å². The van der Waals surface area contributed by atoms with Gasteiger partial charge >= 0.3 is 0 Å². The average molecular weight is 320 g/mol. The number of rotatable bonds is 4. The summed E-state index contributed by atoms with van der Waals surface area (Å²) in [7, 11) is 1.62. The highest BCUT2D eigenvalue weighted by atomic mass is 16.5. The van der Waals surface area contributed by atoms with Crippen LogP contribution < -0.4 is 4.74 Å². The molecule has 0 saturated carbocycles.